The zero-order valence-corrected chi connectivity index (χ0v) is 11.1. The van der Waals surface area contributed by atoms with Crippen LogP contribution in [0.5, 0.6) is 0 Å². The molecule has 2 aromatic carbocycles. The van der Waals surface area contributed by atoms with Crippen molar-refractivity contribution in [2.75, 3.05) is 19.8 Å². The smallest absolute Gasteiger partial charge is 0.0623 e. The molecule has 0 amide bonds. The van der Waals surface area contributed by atoms with Crippen LogP contribution < -0.4 is 5.32 Å². The lowest BCUT2D eigenvalue weighted by molar-refractivity contribution is 0.0771. The van der Waals surface area contributed by atoms with Gasteiger partial charge in [0.15, 0.2) is 0 Å². The Balaban J connectivity index is 0.00000120. The van der Waals surface area contributed by atoms with Crippen LogP contribution in [0.2, 0.25) is 0 Å². The third kappa shape index (κ3) is 2.83. The molecule has 1 heterocycles. The van der Waals surface area contributed by atoms with Crippen molar-refractivity contribution in [3.05, 3.63) is 48.0 Å². The monoisotopic (exact) mass is 263 g/mol. The van der Waals surface area contributed by atoms with Crippen molar-refractivity contribution >= 4 is 23.2 Å². The van der Waals surface area contributed by atoms with E-state index in [0.717, 1.165) is 26.2 Å². The number of morpholine rings is 1. The zero-order valence-electron chi connectivity index (χ0n) is 10.3. The largest absolute Gasteiger partial charge is 0.379 e. The van der Waals surface area contributed by atoms with Crippen LogP contribution in [0.15, 0.2) is 42.5 Å². The number of rotatable bonds is 2. The molecule has 0 radical (unpaired) electrons. The van der Waals surface area contributed by atoms with Gasteiger partial charge in [0.1, 0.15) is 0 Å². The van der Waals surface area contributed by atoms with E-state index in [0.29, 0.717) is 6.04 Å². The molecule has 1 atom stereocenters. The van der Waals surface area contributed by atoms with Gasteiger partial charge in [0, 0.05) is 12.6 Å². The number of hydrogen-bond donors (Lipinski definition) is 1. The van der Waals surface area contributed by atoms with Crippen LogP contribution in [-0.2, 0) is 11.2 Å². The second-order valence-electron chi connectivity index (χ2n) is 4.57. The first-order valence-electron chi connectivity index (χ1n) is 6.21. The lowest BCUT2D eigenvalue weighted by atomic mass is 9.99. The van der Waals surface area contributed by atoms with Gasteiger partial charge in [-0.1, -0.05) is 42.5 Å². The van der Waals surface area contributed by atoms with Crippen molar-refractivity contribution in [3.8, 4) is 0 Å². The molecule has 0 aliphatic carbocycles. The Kier molecular flexibility index (Phi) is 4.59. The minimum atomic E-state index is 0. The van der Waals surface area contributed by atoms with E-state index in [1.165, 1.54) is 16.3 Å². The lowest BCUT2D eigenvalue weighted by Gasteiger charge is -2.24. The lowest BCUT2D eigenvalue weighted by Crippen LogP contribution is -2.42. The zero-order chi connectivity index (χ0) is 11.5. The van der Waals surface area contributed by atoms with Gasteiger partial charge in [-0.05, 0) is 22.8 Å². The molecule has 1 aliphatic heterocycles. The molecular formula is C15H18ClNO. The maximum absolute atomic E-state index is 5.50. The van der Waals surface area contributed by atoms with Gasteiger partial charge < -0.3 is 10.1 Å². The number of ether oxygens (including phenoxy) is 1. The quantitative estimate of drug-likeness (QED) is 0.900. The van der Waals surface area contributed by atoms with E-state index in [9.17, 15) is 0 Å². The fourth-order valence-electron chi connectivity index (χ4n) is 2.49. The van der Waals surface area contributed by atoms with E-state index in [1.807, 2.05) is 0 Å². The van der Waals surface area contributed by atoms with Gasteiger partial charge in [-0.15, -0.1) is 12.4 Å². The first-order valence-corrected chi connectivity index (χ1v) is 6.21. The third-order valence-electron chi connectivity index (χ3n) is 3.34. The van der Waals surface area contributed by atoms with E-state index < -0.39 is 0 Å². The molecule has 96 valence electrons. The Morgan fingerprint density at radius 3 is 2.78 bits per heavy atom. The van der Waals surface area contributed by atoms with E-state index in [2.05, 4.69) is 47.8 Å². The summed E-state index contributed by atoms with van der Waals surface area (Å²) in [5.41, 5.74) is 1.41. The van der Waals surface area contributed by atoms with Crippen LogP contribution in [0.3, 0.4) is 0 Å². The maximum Gasteiger partial charge on any atom is 0.0623 e. The number of fused-ring (bicyclic) bond motifs is 1. The standard InChI is InChI=1S/C15H17NO.ClH/c1-2-7-15-12(4-1)5-3-6-13(15)10-14-11-17-9-8-16-14;/h1-7,14,16H,8-11H2;1H. The van der Waals surface area contributed by atoms with Crippen LogP contribution in [0.4, 0.5) is 0 Å². The molecular weight excluding hydrogens is 246 g/mol. The summed E-state index contributed by atoms with van der Waals surface area (Å²) in [6, 6.07) is 15.6. The molecule has 2 nitrogen and oxygen atoms in total. The molecule has 0 bridgehead atoms. The Morgan fingerprint density at radius 1 is 1.11 bits per heavy atom. The predicted molar refractivity (Wildman–Crippen MR) is 77.5 cm³/mol. The van der Waals surface area contributed by atoms with E-state index >= 15 is 0 Å². The summed E-state index contributed by atoms with van der Waals surface area (Å²) in [4.78, 5) is 0. The van der Waals surface area contributed by atoms with Crippen molar-refractivity contribution in [1.29, 1.82) is 0 Å². The second-order valence-corrected chi connectivity index (χ2v) is 4.57. The first-order chi connectivity index (χ1) is 8.43. The van der Waals surface area contributed by atoms with Crippen LogP contribution in [0, 0.1) is 0 Å². The van der Waals surface area contributed by atoms with Crippen molar-refractivity contribution < 1.29 is 4.74 Å². The highest BCUT2D eigenvalue weighted by molar-refractivity contribution is 5.86. The highest BCUT2D eigenvalue weighted by atomic mass is 35.5. The Labute approximate surface area is 114 Å². The molecule has 0 spiro atoms. The fraction of sp³-hybridized carbons (Fsp3) is 0.333. The number of nitrogens with one attached hydrogen (secondary N) is 1. The topological polar surface area (TPSA) is 21.3 Å². The summed E-state index contributed by atoms with van der Waals surface area (Å²) in [7, 11) is 0. The Hall–Kier alpha value is -1.09. The van der Waals surface area contributed by atoms with Gasteiger partial charge in [0.2, 0.25) is 0 Å². The van der Waals surface area contributed by atoms with Crippen LogP contribution >= 0.6 is 12.4 Å². The molecule has 18 heavy (non-hydrogen) atoms. The third-order valence-corrected chi connectivity index (χ3v) is 3.34. The molecule has 1 saturated heterocycles. The van der Waals surface area contributed by atoms with Crippen molar-refractivity contribution in [2.45, 2.75) is 12.5 Å². The van der Waals surface area contributed by atoms with Gasteiger partial charge in [-0.25, -0.2) is 0 Å². The maximum atomic E-state index is 5.50. The summed E-state index contributed by atoms with van der Waals surface area (Å²) in [5.74, 6) is 0. The van der Waals surface area contributed by atoms with Gasteiger partial charge in [-0.2, -0.15) is 0 Å². The Morgan fingerprint density at radius 2 is 1.94 bits per heavy atom. The number of benzene rings is 2. The molecule has 1 N–H and O–H groups in total. The molecule has 2 aromatic rings. The summed E-state index contributed by atoms with van der Waals surface area (Å²) in [6.07, 6.45) is 1.04. The minimum Gasteiger partial charge on any atom is -0.379 e. The molecule has 1 fully saturated rings. The van der Waals surface area contributed by atoms with Gasteiger partial charge in [0.05, 0.1) is 13.2 Å². The summed E-state index contributed by atoms with van der Waals surface area (Å²) >= 11 is 0. The average Bonchev–Trinajstić information content (AvgIpc) is 2.40. The molecule has 3 rings (SSSR count). The molecule has 1 aliphatic rings. The second kappa shape index (κ2) is 6.19. The van der Waals surface area contributed by atoms with Crippen LogP contribution in [0.25, 0.3) is 10.8 Å². The Bertz CT molecular complexity index is 503. The highest BCUT2D eigenvalue weighted by Gasteiger charge is 2.14. The van der Waals surface area contributed by atoms with Crippen molar-refractivity contribution in [3.63, 3.8) is 0 Å². The van der Waals surface area contributed by atoms with Gasteiger partial charge in [0.25, 0.3) is 0 Å². The normalized spacial score (nSPS) is 19.4. The summed E-state index contributed by atoms with van der Waals surface area (Å²) in [6.45, 7) is 2.63. The van der Waals surface area contributed by atoms with Gasteiger partial charge >= 0.3 is 0 Å². The van der Waals surface area contributed by atoms with Crippen molar-refractivity contribution in [2.24, 2.45) is 0 Å². The van der Waals surface area contributed by atoms with E-state index in [4.69, 9.17) is 4.74 Å². The average molecular weight is 264 g/mol. The predicted octanol–water partition coefficient (Wildman–Crippen LogP) is 2.79. The molecule has 3 heteroatoms. The van der Waals surface area contributed by atoms with E-state index in [-0.39, 0.29) is 12.4 Å². The van der Waals surface area contributed by atoms with Crippen molar-refractivity contribution in [1.82, 2.24) is 5.32 Å². The number of halogens is 1. The van der Waals surface area contributed by atoms with Gasteiger partial charge in [-0.3, -0.25) is 0 Å². The van der Waals surface area contributed by atoms with E-state index in [1.54, 1.807) is 0 Å². The molecule has 0 saturated carbocycles. The summed E-state index contributed by atoms with van der Waals surface area (Å²) in [5, 5.41) is 6.19. The van der Waals surface area contributed by atoms with Crippen LogP contribution in [0.1, 0.15) is 5.56 Å². The SMILES string of the molecule is Cl.c1ccc2c(CC3COCCN3)cccc2c1. The highest BCUT2D eigenvalue weighted by Crippen LogP contribution is 2.20. The number of hydrogen-bond acceptors (Lipinski definition) is 2. The molecule has 1 unspecified atom stereocenters. The molecule has 0 aromatic heterocycles. The van der Waals surface area contributed by atoms with Crippen LogP contribution in [-0.4, -0.2) is 25.8 Å². The minimum absolute atomic E-state index is 0. The first kappa shape index (κ1) is 13.3. The summed E-state index contributed by atoms with van der Waals surface area (Å²) < 4.78 is 5.50. The fourth-order valence-corrected chi connectivity index (χ4v) is 2.49.